The van der Waals surface area contributed by atoms with Gasteiger partial charge in [0.05, 0.1) is 18.6 Å². The number of ether oxygens (including phenoxy) is 4. The quantitative estimate of drug-likeness (QED) is 0.184. The van der Waals surface area contributed by atoms with Crippen molar-refractivity contribution in [3.05, 3.63) is 45.1 Å². The number of carbonyl (C=O) groups is 5. The van der Waals surface area contributed by atoms with Crippen LogP contribution in [0.15, 0.2) is 45.1 Å². The van der Waals surface area contributed by atoms with Gasteiger partial charge in [-0.05, 0) is 86.7 Å². The molecule has 0 amide bonds. The molecule has 2 N–H and O–H groups in total. The number of methoxy groups -OCH3 is 1. The molecule has 262 valence electrons. The third-order valence-corrected chi connectivity index (χ3v) is 14.6. The third kappa shape index (κ3) is 3.73. The van der Waals surface area contributed by atoms with E-state index < -0.39 is 75.6 Å². The number of rotatable bonds is 6. The first kappa shape index (κ1) is 32.6. The predicted molar refractivity (Wildman–Crippen MR) is 170 cm³/mol. The number of hydrogen-bond donors (Lipinski definition) is 2. The molecule has 5 saturated carbocycles. The zero-order valence-electron chi connectivity index (χ0n) is 29.0. The van der Waals surface area contributed by atoms with Crippen LogP contribution >= 0.6 is 0 Å². The molecule has 0 aromatic carbocycles. The van der Waals surface area contributed by atoms with Crippen molar-refractivity contribution in [2.75, 3.05) is 20.3 Å². The molecule has 0 bridgehead atoms. The highest BCUT2D eigenvalue weighted by Gasteiger charge is 2.84. The maximum atomic E-state index is 14.5. The first-order valence-electron chi connectivity index (χ1n) is 17.4. The topological polar surface area (TPSA) is 163 Å². The summed E-state index contributed by atoms with van der Waals surface area (Å²) in [5.41, 5.74) is -1.10. The first-order valence-corrected chi connectivity index (χ1v) is 17.4. The molecule has 7 aliphatic carbocycles. The average Bonchev–Trinajstić information content (AvgIpc) is 3.98. The normalized spacial score (nSPS) is 46.1. The van der Waals surface area contributed by atoms with E-state index in [0.29, 0.717) is 24.0 Å². The summed E-state index contributed by atoms with van der Waals surface area (Å²) in [7, 11) is 1.24. The molecule has 8 aliphatic rings. The minimum Gasteiger partial charge on any atom is -0.466 e. The highest BCUT2D eigenvalue weighted by Crippen LogP contribution is 2.83. The number of hydrogen-bond acceptors (Lipinski definition) is 11. The molecule has 0 saturated heterocycles. The summed E-state index contributed by atoms with van der Waals surface area (Å²) >= 11 is 0. The number of carbonyl (C=O) groups excluding carboxylic acids is 5. The van der Waals surface area contributed by atoms with Crippen LogP contribution in [0.1, 0.15) is 67.2 Å². The van der Waals surface area contributed by atoms with E-state index >= 15 is 0 Å². The van der Waals surface area contributed by atoms with Crippen LogP contribution in [0.25, 0.3) is 0 Å². The second-order valence-corrected chi connectivity index (χ2v) is 16.2. The van der Waals surface area contributed by atoms with Crippen molar-refractivity contribution in [1.29, 1.82) is 0 Å². The Morgan fingerprint density at radius 3 is 2.35 bits per heavy atom. The lowest BCUT2D eigenvalue weighted by molar-refractivity contribution is -0.191. The Morgan fingerprint density at radius 2 is 1.69 bits per heavy atom. The second kappa shape index (κ2) is 10.0. The van der Waals surface area contributed by atoms with Crippen LogP contribution in [0.2, 0.25) is 0 Å². The number of Topliss-reactive ketones (excluding diaryl/α,β-unsaturated/α-hetero) is 1. The molecule has 8 rings (SSSR count). The van der Waals surface area contributed by atoms with Crippen molar-refractivity contribution in [1.82, 2.24) is 0 Å². The summed E-state index contributed by atoms with van der Waals surface area (Å²) in [6, 6.07) is 0. The van der Waals surface area contributed by atoms with Crippen LogP contribution in [0.5, 0.6) is 0 Å². The second-order valence-electron chi connectivity index (χ2n) is 16.2. The Balaban J connectivity index is 1.37. The lowest BCUT2D eigenvalue weighted by atomic mass is 9.42. The Hall–Kier alpha value is -3.57. The standard InChI is InChI=1S/C38H44O11/c1-8-15(2)32(42)48-14-37(45)24-11-23(24)35(5)25(37)12-22-20(13-47-17(4)39)34(44)49-38(22)26(35)10-19-18-9-21(18)36(6)28(19)29(38)27(30(40)31(36)41)16(3)33(43)46-7/h8,18,21,23-26,29,31,41,45H,9-14H2,1-7H3/b15-8+,27-16-/t18-,21-,23-,24+,25-,26+,29+,31+,35-,36+,37+,38+/m1/s1. The van der Waals surface area contributed by atoms with Crippen LogP contribution in [0.4, 0.5) is 0 Å². The Kier molecular flexibility index (Phi) is 6.67. The molecule has 1 aliphatic heterocycles. The number of ketones is 1. The number of allylic oxidation sites excluding steroid dienone is 2. The number of aliphatic hydroxyl groups is 2. The largest absolute Gasteiger partial charge is 0.466 e. The molecular weight excluding hydrogens is 632 g/mol. The molecule has 49 heavy (non-hydrogen) atoms. The Labute approximate surface area is 284 Å². The molecular formula is C38H44O11. The molecule has 1 heterocycles. The smallest absolute Gasteiger partial charge is 0.338 e. The molecule has 11 heteroatoms. The van der Waals surface area contributed by atoms with Crippen LogP contribution < -0.4 is 0 Å². The fourth-order valence-electron chi connectivity index (χ4n) is 12.1. The van der Waals surface area contributed by atoms with Gasteiger partial charge in [-0.25, -0.2) is 14.4 Å². The van der Waals surface area contributed by atoms with E-state index in [1.165, 1.54) is 21.0 Å². The van der Waals surface area contributed by atoms with Crippen molar-refractivity contribution in [3.8, 4) is 0 Å². The van der Waals surface area contributed by atoms with Crippen LogP contribution in [-0.2, 0) is 42.9 Å². The van der Waals surface area contributed by atoms with Gasteiger partial charge in [0.1, 0.15) is 30.5 Å². The zero-order valence-corrected chi connectivity index (χ0v) is 29.0. The van der Waals surface area contributed by atoms with E-state index in [1.807, 2.05) is 6.92 Å². The maximum absolute atomic E-state index is 14.5. The van der Waals surface area contributed by atoms with E-state index in [0.717, 1.165) is 17.6 Å². The molecule has 1 spiro atoms. The fourth-order valence-corrected chi connectivity index (χ4v) is 12.1. The highest BCUT2D eigenvalue weighted by molar-refractivity contribution is 6.09. The molecule has 12 atom stereocenters. The first-order chi connectivity index (χ1) is 23.0. The van der Waals surface area contributed by atoms with Crippen molar-refractivity contribution >= 4 is 29.7 Å². The van der Waals surface area contributed by atoms with Crippen LogP contribution in [-0.4, -0.2) is 77.5 Å². The summed E-state index contributed by atoms with van der Waals surface area (Å²) < 4.78 is 23.0. The average molecular weight is 677 g/mol. The van der Waals surface area contributed by atoms with Gasteiger partial charge in [0.2, 0.25) is 0 Å². The highest BCUT2D eigenvalue weighted by atomic mass is 16.6. The van der Waals surface area contributed by atoms with E-state index in [9.17, 15) is 34.2 Å². The Morgan fingerprint density at radius 1 is 0.980 bits per heavy atom. The van der Waals surface area contributed by atoms with Crippen LogP contribution in [0.3, 0.4) is 0 Å². The monoisotopic (exact) mass is 676 g/mol. The molecule has 0 unspecified atom stereocenters. The van der Waals surface area contributed by atoms with Crippen molar-refractivity contribution in [3.63, 3.8) is 0 Å². The van der Waals surface area contributed by atoms with E-state index in [2.05, 4.69) is 6.92 Å². The molecule has 0 radical (unpaired) electrons. The zero-order chi connectivity index (χ0) is 35.3. The lowest BCUT2D eigenvalue weighted by Gasteiger charge is -2.63. The van der Waals surface area contributed by atoms with Crippen molar-refractivity contribution in [2.24, 2.45) is 52.3 Å². The van der Waals surface area contributed by atoms with Gasteiger partial charge in [-0.3, -0.25) is 9.59 Å². The third-order valence-electron chi connectivity index (χ3n) is 14.6. The minimum atomic E-state index is -1.44. The molecule has 11 nitrogen and oxygen atoms in total. The van der Waals surface area contributed by atoms with Crippen molar-refractivity contribution < 1.29 is 53.1 Å². The molecule has 5 fully saturated rings. The minimum absolute atomic E-state index is 0.0209. The summed E-state index contributed by atoms with van der Waals surface area (Å²) in [5, 5.41) is 24.4. The molecule has 0 aromatic heterocycles. The number of esters is 4. The summed E-state index contributed by atoms with van der Waals surface area (Å²) in [6.45, 7) is 9.67. The fraction of sp³-hybridized carbons (Fsp3) is 0.658. The van der Waals surface area contributed by atoms with Gasteiger partial charge in [-0.15, -0.1) is 0 Å². The summed E-state index contributed by atoms with van der Waals surface area (Å²) in [5.74, 6) is -4.77. The number of aliphatic hydroxyl groups excluding tert-OH is 1. The molecule has 0 aromatic rings. The van der Waals surface area contributed by atoms with Gasteiger partial charge < -0.3 is 29.2 Å². The number of fused-ring (bicyclic) bond motifs is 7. The SMILES string of the molecule is C/C=C(\C)C(=O)OC[C@]1(O)[C@H]2C[C@H]2[C@@]2(C)[C@@H]3CC4=C5[C@H](/C(=C(\C)C(=O)OC)C(=O)[C@H](O)[C@@]5(C)[C@@H]5C[C@H]45)[C@@]34OC(=O)C(COC(C)=O)=C4C[C@@H]12. The van der Waals surface area contributed by atoms with Gasteiger partial charge in [-0.2, -0.15) is 0 Å². The predicted octanol–water partition coefficient (Wildman–Crippen LogP) is 3.08. The maximum Gasteiger partial charge on any atom is 0.338 e. The Bertz CT molecular complexity index is 1800. The van der Waals surface area contributed by atoms with Crippen LogP contribution in [0, 0.1) is 52.3 Å². The van der Waals surface area contributed by atoms with E-state index in [4.69, 9.17) is 18.9 Å². The summed E-state index contributed by atoms with van der Waals surface area (Å²) in [4.78, 5) is 66.8. The van der Waals surface area contributed by atoms with Gasteiger partial charge >= 0.3 is 23.9 Å². The van der Waals surface area contributed by atoms with Gasteiger partial charge in [-0.1, -0.05) is 25.5 Å². The van der Waals surface area contributed by atoms with Crippen molar-refractivity contribution in [2.45, 2.75) is 84.5 Å². The van der Waals surface area contributed by atoms with E-state index in [1.54, 1.807) is 19.9 Å². The van der Waals surface area contributed by atoms with Gasteiger partial charge in [0, 0.05) is 40.9 Å². The van der Waals surface area contributed by atoms with Gasteiger partial charge in [0.25, 0.3) is 0 Å². The van der Waals surface area contributed by atoms with Gasteiger partial charge in [0.15, 0.2) is 5.78 Å². The lowest BCUT2D eigenvalue weighted by Crippen LogP contribution is -2.67. The summed E-state index contributed by atoms with van der Waals surface area (Å²) in [6.07, 6.45) is 2.50. The van der Waals surface area contributed by atoms with E-state index in [-0.39, 0.29) is 60.0 Å².